The Morgan fingerprint density at radius 1 is 0.923 bits per heavy atom. The first-order chi connectivity index (χ1) is 12.7. The van der Waals surface area contributed by atoms with Gasteiger partial charge in [0.1, 0.15) is 5.69 Å². The van der Waals surface area contributed by atoms with E-state index in [2.05, 4.69) is 5.16 Å². The molecule has 0 radical (unpaired) electrons. The Hall–Kier alpha value is -3.48. The van der Waals surface area contributed by atoms with Gasteiger partial charge in [-0.15, -0.1) is 0 Å². The van der Waals surface area contributed by atoms with Crippen LogP contribution in [0.5, 0.6) is 17.2 Å². The SMILES string of the molecule is COc1cc(-c2noc(=O)n3c2cc2ccccc23)cc(OC)c1OC. The van der Waals surface area contributed by atoms with Gasteiger partial charge in [0, 0.05) is 10.9 Å². The lowest BCUT2D eigenvalue weighted by atomic mass is 10.1. The number of hydrogen-bond acceptors (Lipinski definition) is 6. The molecule has 0 N–H and O–H groups in total. The third kappa shape index (κ3) is 2.28. The minimum absolute atomic E-state index is 0.479. The van der Waals surface area contributed by atoms with E-state index in [9.17, 15) is 4.79 Å². The van der Waals surface area contributed by atoms with Crippen molar-refractivity contribution in [3.05, 3.63) is 53.0 Å². The molecule has 0 fully saturated rings. The molecule has 2 aromatic heterocycles. The van der Waals surface area contributed by atoms with Gasteiger partial charge in [-0.05, 0) is 24.3 Å². The lowest BCUT2D eigenvalue weighted by Gasteiger charge is -2.13. The zero-order valence-corrected chi connectivity index (χ0v) is 14.5. The van der Waals surface area contributed by atoms with Crippen LogP contribution in [-0.4, -0.2) is 30.9 Å². The summed E-state index contributed by atoms with van der Waals surface area (Å²) in [5.41, 5.74) is 2.57. The van der Waals surface area contributed by atoms with Gasteiger partial charge in [-0.2, -0.15) is 0 Å². The first-order valence-corrected chi connectivity index (χ1v) is 7.88. The van der Waals surface area contributed by atoms with Gasteiger partial charge in [-0.25, -0.2) is 9.20 Å². The molecule has 0 aliphatic rings. The molecule has 26 heavy (non-hydrogen) atoms. The van der Waals surface area contributed by atoms with Crippen molar-refractivity contribution in [1.29, 1.82) is 0 Å². The van der Waals surface area contributed by atoms with E-state index >= 15 is 0 Å². The van der Waals surface area contributed by atoms with Crippen LogP contribution in [0.2, 0.25) is 0 Å². The maximum atomic E-state index is 12.2. The second-order valence-electron chi connectivity index (χ2n) is 5.63. The van der Waals surface area contributed by atoms with Crippen LogP contribution < -0.4 is 20.0 Å². The summed E-state index contributed by atoms with van der Waals surface area (Å²) in [6.45, 7) is 0. The van der Waals surface area contributed by atoms with Crippen LogP contribution >= 0.6 is 0 Å². The first kappa shape index (κ1) is 16.0. The smallest absolute Gasteiger partial charge is 0.445 e. The normalized spacial score (nSPS) is 11.0. The Labute approximate surface area is 148 Å². The second-order valence-corrected chi connectivity index (χ2v) is 5.63. The van der Waals surface area contributed by atoms with Gasteiger partial charge in [-0.3, -0.25) is 4.52 Å². The van der Waals surface area contributed by atoms with Crippen molar-refractivity contribution in [2.75, 3.05) is 21.3 Å². The molecule has 0 spiro atoms. The zero-order valence-electron chi connectivity index (χ0n) is 14.5. The van der Waals surface area contributed by atoms with Gasteiger partial charge in [0.25, 0.3) is 0 Å². The molecular weight excluding hydrogens is 336 g/mol. The fourth-order valence-corrected chi connectivity index (χ4v) is 3.12. The van der Waals surface area contributed by atoms with Crippen molar-refractivity contribution in [1.82, 2.24) is 9.56 Å². The van der Waals surface area contributed by atoms with Crippen molar-refractivity contribution in [2.24, 2.45) is 0 Å². The summed E-state index contributed by atoms with van der Waals surface area (Å²) in [7, 11) is 4.62. The molecule has 7 nitrogen and oxygen atoms in total. The Morgan fingerprint density at radius 2 is 1.62 bits per heavy atom. The third-order valence-electron chi connectivity index (χ3n) is 4.29. The van der Waals surface area contributed by atoms with E-state index < -0.39 is 5.76 Å². The van der Waals surface area contributed by atoms with Gasteiger partial charge in [-0.1, -0.05) is 23.4 Å². The molecule has 0 amide bonds. The monoisotopic (exact) mass is 352 g/mol. The molecule has 0 saturated carbocycles. The van der Waals surface area contributed by atoms with E-state index in [1.165, 1.54) is 11.5 Å². The molecule has 0 bridgehead atoms. The molecule has 7 heteroatoms. The fraction of sp³-hybridized carbons (Fsp3) is 0.158. The predicted molar refractivity (Wildman–Crippen MR) is 96.3 cm³/mol. The first-order valence-electron chi connectivity index (χ1n) is 7.88. The lowest BCUT2D eigenvalue weighted by Crippen LogP contribution is -2.12. The molecule has 0 unspecified atom stereocenters. The van der Waals surface area contributed by atoms with Gasteiger partial charge in [0.2, 0.25) is 5.75 Å². The number of para-hydroxylation sites is 1. The maximum absolute atomic E-state index is 12.2. The van der Waals surface area contributed by atoms with E-state index in [0.29, 0.717) is 34.0 Å². The topological polar surface area (TPSA) is 75.2 Å². The number of benzene rings is 2. The quantitative estimate of drug-likeness (QED) is 0.562. The standard InChI is InChI=1S/C19H16N2O5/c1-23-15-9-12(10-16(24-2)18(15)25-3)17-14-8-11-6-4-5-7-13(11)21(14)19(22)26-20-17/h4-10H,1-3H3. The van der Waals surface area contributed by atoms with Crippen LogP contribution in [0, 0.1) is 0 Å². The largest absolute Gasteiger partial charge is 0.493 e. The molecule has 0 saturated heterocycles. The molecule has 132 valence electrons. The molecule has 4 rings (SSSR count). The Kier molecular flexibility index (Phi) is 3.76. The predicted octanol–water partition coefficient (Wildman–Crippen LogP) is 3.13. The van der Waals surface area contributed by atoms with Gasteiger partial charge < -0.3 is 14.2 Å². The van der Waals surface area contributed by atoms with Crippen molar-refractivity contribution in [3.63, 3.8) is 0 Å². The number of hydrogen-bond donors (Lipinski definition) is 0. The highest BCUT2D eigenvalue weighted by Gasteiger charge is 2.19. The van der Waals surface area contributed by atoms with E-state index in [1.54, 1.807) is 26.4 Å². The van der Waals surface area contributed by atoms with Crippen molar-refractivity contribution < 1.29 is 18.7 Å². The van der Waals surface area contributed by atoms with Crippen LogP contribution in [0.3, 0.4) is 0 Å². The van der Waals surface area contributed by atoms with Crippen molar-refractivity contribution in [3.8, 4) is 28.5 Å². The summed E-state index contributed by atoms with van der Waals surface area (Å²) in [4.78, 5) is 12.2. The number of aromatic nitrogens is 2. The van der Waals surface area contributed by atoms with Gasteiger partial charge in [0.05, 0.1) is 32.4 Å². The average molecular weight is 352 g/mol. The molecule has 2 heterocycles. The van der Waals surface area contributed by atoms with Crippen molar-refractivity contribution in [2.45, 2.75) is 0 Å². The highest BCUT2D eigenvalue weighted by Crippen LogP contribution is 2.41. The molecule has 0 atom stereocenters. The zero-order chi connectivity index (χ0) is 18.3. The number of nitrogens with zero attached hydrogens (tertiary/aromatic N) is 2. The minimum Gasteiger partial charge on any atom is -0.493 e. The number of ether oxygens (including phenoxy) is 3. The summed E-state index contributed by atoms with van der Waals surface area (Å²) >= 11 is 0. The van der Waals surface area contributed by atoms with Crippen LogP contribution in [0.15, 0.2) is 51.8 Å². The van der Waals surface area contributed by atoms with Crippen molar-refractivity contribution >= 4 is 16.4 Å². The summed E-state index contributed by atoms with van der Waals surface area (Å²) in [6.07, 6.45) is 0. The fourth-order valence-electron chi connectivity index (χ4n) is 3.12. The Bertz CT molecular complexity index is 1150. The average Bonchev–Trinajstić information content (AvgIpc) is 3.07. The second kappa shape index (κ2) is 6.11. The van der Waals surface area contributed by atoms with Gasteiger partial charge >= 0.3 is 5.76 Å². The van der Waals surface area contributed by atoms with E-state index in [0.717, 1.165) is 10.9 Å². The van der Waals surface area contributed by atoms with Crippen LogP contribution in [0.1, 0.15) is 0 Å². The summed E-state index contributed by atoms with van der Waals surface area (Å²) in [5.74, 6) is 0.915. The highest BCUT2D eigenvalue weighted by molar-refractivity contribution is 5.92. The van der Waals surface area contributed by atoms with Gasteiger partial charge in [0.15, 0.2) is 11.5 Å². The maximum Gasteiger partial charge on any atom is 0.445 e. The lowest BCUT2D eigenvalue weighted by molar-refractivity contribution is 0.324. The summed E-state index contributed by atoms with van der Waals surface area (Å²) in [6, 6.07) is 13.0. The molecular formula is C19H16N2O5. The number of fused-ring (bicyclic) bond motifs is 3. The van der Waals surface area contributed by atoms with Crippen LogP contribution in [-0.2, 0) is 0 Å². The Balaban J connectivity index is 2.07. The molecule has 0 aliphatic heterocycles. The third-order valence-corrected chi connectivity index (χ3v) is 4.29. The van der Waals surface area contributed by atoms with E-state index in [1.807, 2.05) is 30.3 Å². The summed E-state index contributed by atoms with van der Waals surface area (Å²) < 4.78 is 22.7. The van der Waals surface area contributed by atoms with Crippen LogP contribution in [0.25, 0.3) is 27.7 Å². The minimum atomic E-state index is -0.544. The molecule has 2 aromatic carbocycles. The molecule has 0 aliphatic carbocycles. The van der Waals surface area contributed by atoms with E-state index in [4.69, 9.17) is 18.7 Å². The summed E-state index contributed by atoms with van der Waals surface area (Å²) in [5, 5.41) is 4.94. The Morgan fingerprint density at radius 3 is 2.27 bits per heavy atom. The molecule has 4 aromatic rings. The number of rotatable bonds is 4. The van der Waals surface area contributed by atoms with E-state index in [-0.39, 0.29) is 0 Å². The van der Waals surface area contributed by atoms with Crippen LogP contribution in [0.4, 0.5) is 0 Å². The number of methoxy groups -OCH3 is 3. The highest BCUT2D eigenvalue weighted by atomic mass is 16.5.